The largest absolute Gasteiger partial charge is 0.497 e. The normalized spacial score (nSPS) is 11.6. The molecule has 1 amide bonds. The Morgan fingerprint density at radius 2 is 1.97 bits per heavy atom. The van der Waals surface area contributed by atoms with Crippen LogP contribution in [0.15, 0.2) is 53.5 Å². The number of methoxy groups -OCH3 is 1. The van der Waals surface area contributed by atoms with Crippen molar-refractivity contribution in [2.45, 2.75) is 19.2 Å². The maximum Gasteiger partial charge on any atom is 0.326 e. The Kier molecular flexibility index (Phi) is 7.48. The summed E-state index contributed by atoms with van der Waals surface area (Å²) in [6.45, 7) is 2.07. The van der Waals surface area contributed by atoms with Gasteiger partial charge in [0.2, 0.25) is 0 Å². The van der Waals surface area contributed by atoms with Crippen LogP contribution in [0.3, 0.4) is 0 Å². The molecular formula is C21H22N2O4S2. The minimum Gasteiger partial charge on any atom is -0.497 e. The smallest absolute Gasteiger partial charge is 0.326 e. The summed E-state index contributed by atoms with van der Waals surface area (Å²) in [5, 5.41) is 0. The zero-order valence-electron chi connectivity index (χ0n) is 16.3. The molecule has 0 N–H and O–H groups in total. The molecule has 0 unspecified atom stereocenters. The molecule has 29 heavy (non-hydrogen) atoms. The number of fused-ring (bicyclic) bond motifs is 1. The van der Waals surface area contributed by atoms with E-state index in [1.54, 1.807) is 18.6 Å². The van der Waals surface area contributed by atoms with Gasteiger partial charge in [-0.05, 0) is 30.7 Å². The molecular weight excluding hydrogens is 408 g/mol. The Morgan fingerprint density at radius 3 is 2.69 bits per heavy atom. The van der Waals surface area contributed by atoms with Crippen LogP contribution in [-0.2, 0) is 26.6 Å². The predicted molar refractivity (Wildman–Crippen MR) is 116 cm³/mol. The van der Waals surface area contributed by atoms with E-state index < -0.39 is 0 Å². The van der Waals surface area contributed by atoms with E-state index in [2.05, 4.69) is 4.99 Å². The van der Waals surface area contributed by atoms with Crippen molar-refractivity contribution in [2.75, 3.05) is 19.5 Å². The Balaban J connectivity index is 1.83. The number of carbonyl (C=O) groups excluding carboxylic acids is 2. The van der Waals surface area contributed by atoms with Crippen LogP contribution in [0.4, 0.5) is 0 Å². The molecule has 1 aromatic heterocycles. The number of hydrogen-bond acceptors (Lipinski definition) is 6. The number of carbonyl (C=O) groups is 2. The number of thiazole rings is 1. The van der Waals surface area contributed by atoms with Gasteiger partial charge in [-0.3, -0.25) is 9.59 Å². The van der Waals surface area contributed by atoms with Gasteiger partial charge in [0.1, 0.15) is 12.3 Å². The molecule has 6 nitrogen and oxygen atoms in total. The van der Waals surface area contributed by atoms with Gasteiger partial charge in [-0.25, -0.2) is 0 Å². The van der Waals surface area contributed by atoms with Gasteiger partial charge in [-0.2, -0.15) is 4.99 Å². The maximum absolute atomic E-state index is 12.4. The van der Waals surface area contributed by atoms with E-state index in [9.17, 15) is 9.59 Å². The van der Waals surface area contributed by atoms with Crippen LogP contribution < -0.4 is 9.54 Å². The highest BCUT2D eigenvalue weighted by atomic mass is 32.2. The first-order valence-corrected chi connectivity index (χ1v) is 11.1. The minimum absolute atomic E-state index is 0.00341. The van der Waals surface area contributed by atoms with Crippen LogP contribution in [0, 0.1) is 0 Å². The van der Waals surface area contributed by atoms with E-state index in [1.807, 2.05) is 48.5 Å². The van der Waals surface area contributed by atoms with Gasteiger partial charge >= 0.3 is 5.97 Å². The van der Waals surface area contributed by atoms with Crippen LogP contribution in [0.25, 0.3) is 10.2 Å². The second-order valence-corrected chi connectivity index (χ2v) is 8.09. The van der Waals surface area contributed by atoms with Gasteiger partial charge < -0.3 is 14.0 Å². The van der Waals surface area contributed by atoms with Gasteiger partial charge in [0.05, 0.1) is 29.7 Å². The van der Waals surface area contributed by atoms with E-state index in [0.717, 1.165) is 21.5 Å². The van der Waals surface area contributed by atoms with Crippen LogP contribution in [0.2, 0.25) is 0 Å². The number of aromatic nitrogens is 1. The lowest BCUT2D eigenvalue weighted by atomic mass is 10.2. The highest BCUT2D eigenvalue weighted by molar-refractivity contribution is 7.99. The summed E-state index contributed by atoms with van der Waals surface area (Å²) in [4.78, 5) is 29.2. The predicted octanol–water partition coefficient (Wildman–Crippen LogP) is 3.64. The number of rotatable bonds is 8. The van der Waals surface area contributed by atoms with Crippen molar-refractivity contribution in [3.63, 3.8) is 0 Å². The van der Waals surface area contributed by atoms with Crippen LogP contribution in [-0.4, -0.2) is 35.9 Å². The first kappa shape index (κ1) is 21.1. The number of esters is 1. The topological polar surface area (TPSA) is 69.9 Å². The number of benzene rings is 2. The average Bonchev–Trinajstić information content (AvgIpc) is 3.05. The van der Waals surface area contributed by atoms with Gasteiger partial charge in [-0.1, -0.05) is 41.7 Å². The Bertz CT molecular complexity index is 1060. The van der Waals surface area contributed by atoms with Crippen molar-refractivity contribution in [1.82, 2.24) is 4.57 Å². The quantitative estimate of drug-likeness (QED) is 0.511. The number of amides is 1. The number of hydrogen-bond donors (Lipinski definition) is 0. The number of nitrogens with zero attached hydrogens (tertiary/aromatic N) is 2. The molecule has 8 heteroatoms. The standard InChI is InChI=1S/C21H22N2O4S2/c1-3-27-20(25)12-23-17-10-9-16(26-2)11-18(17)29-21(23)22-19(24)14-28-13-15-7-5-4-6-8-15/h4-11H,3,12-14H2,1-2H3. The first-order chi connectivity index (χ1) is 14.1. The molecule has 0 aliphatic rings. The monoisotopic (exact) mass is 430 g/mol. The molecule has 3 aromatic rings. The molecule has 2 aromatic carbocycles. The van der Waals surface area contributed by atoms with Crippen LogP contribution in [0.5, 0.6) is 5.75 Å². The van der Waals surface area contributed by atoms with E-state index in [-0.39, 0.29) is 24.2 Å². The molecule has 0 atom stereocenters. The SMILES string of the molecule is CCOC(=O)Cn1c(=NC(=O)CSCc2ccccc2)sc2cc(OC)ccc21. The summed E-state index contributed by atoms with van der Waals surface area (Å²) in [5.41, 5.74) is 1.98. The van der Waals surface area contributed by atoms with Crippen molar-refractivity contribution in [3.05, 3.63) is 58.9 Å². The van der Waals surface area contributed by atoms with Crippen molar-refractivity contribution in [2.24, 2.45) is 4.99 Å². The van der Waals surface area contributed by atoms with Crippen molar-refractivity contribution in [3.8, 4) is 5.75 Å². The lowest BCUT2D eigenvalue weighted by Gasteiger charge is -2.05. The average molecular weight is 431 g/mol. The third-order valence-electron chi connectivity index (χ3n) is 4.04. The van der Waals surface area contributed by atoms with Crippen LogP contribution >= 0.6 is 23.1 Å². The molecule has 3 rings (SSSR count). The third-order valence-corrected chi connectivity index (χ3v) is 6.07. The lowest BCUT2D eigenvalue weighted by molar-refractivity contribution is -0.143. The zero-order valence-corrected chi connectivity index (χ0v) is 17.9. The maximum atomic E-state index is 12.4. The molecule has 0 radical (unpaired) electrons. The minimum atomic E-state index is -0.365. The highest BCUT2D eigenvalue weighted by Crippen LogP contribution is 2.23. The highest BCUT2D eigenvalue weighted by Gasteiger charge is 2.13. The van der Waals surface area contributed by atoms with Gasteiger partial charge in [0.25, 0.3) is 5.91 Å². The van der Waals surface area contributed by atoms with Gasteiger partial charge in [-0.15, -0.1) is 11.8 Å². The summed E-state index contributed by atoms with van der Waals surface area (Å²) in [7, 11) is 1.60. The van der Waals surface area contributed by atoms with Crippen molar-refractivity contribution in [1.29, 1.82) is 0 Å². The lowest BCUT2D eigenvalue weighted by Crippen LogP contribution is -2.23. The van der Waals surface area contributed by atoms with E-state index in [1.165, 1.54) is 23.1 Å². The third kappa shape index (κ3) is 5.71. The Morgan fingerprint density at radius 1 is 1.17 bits per heavy atom. The molecule has 0 fully saturated rings. The molecule has 0 aliphatic carbocycles. The molecule has 152 valence electrons. The summed E-state index contributed by atoms with van der Waals surface area (Å²) in [6, 6.07) is 15.5. The summed E-state index contributed by atoms with van der Waals surface area (Å²) in [5.74, 6) is 1.12. The molecule has 0 saturated heterocycles. The zero-order chi connectivity index (χ0) is 20.6. The molecule has 0 aliphatic heterocycles. The number of thioether (sulfide) groups is 1. The Hall–Kier alpha value is -2.58. The molecule has 0 saturated carbocycles. The summed E-state index contributed by atoms with van der Waals surface area (Å²) < 4.78 is 13.0. The summed E-state index contributed by atoms with van der Waals surface area (Å²) >= 11 is 2.87. The Labute approximate surface area is 177 Å². The second-order valence-electron chi connectivity index (χ2n) is 6.09. The summed E-state index contributed by atoms with van der Waals surface area (Å²) in [6.07, 6.45) is 0. The van der Waals surface area contributed by atoms with Gasteiger partial charge in [0.15, 0.2) is 4.80 Å². The van der Waals surface area contributed by atoms with Crippen molar-refractivity contribution < 1.29 is 19.1 Å². The van der Waals surface area contributed by atoms with E-state index in [4.69, 9.17) is 9.47 Å². The first-order valence-electron chi connectivity index (χ1n) is 9.13. The second kappa shape index (κ2) is 10.3. The number of ether oxygens (including phenoxy) is 2. The van der Waals surface area contributed by atoms with E-state index >= 15 is 0 Å². The van der Waals surface area contributed by atoms with Crippen LogP contribution in [0.1, 0.15) is 12.5 Å². The van der Waals surface area contributed by atoms with E-state index in [0.29, 0.717) is 17.2 Å². The molecule has 0 bridgehead atoms. The van der Waals surface area contributed by atoms with Gasteiger partial charge in [0, 0.05) is 5.75 Å². The fraction of sp³-hybridized carbons (Fsp3) is 0.286. The molecule has 0 spiro atoms. The fourth-order valence-electron chi connectivity index (χ4n) is 2.72. The fourth-order valence-corrected chi connectivity index (χ4v) is 4.57. The molecule has 1 heterocycles. The van der Waals surface area contributed by atoms with Crippen molar-refractivity contribution >= 4 is 45.2 Å².